The molecule has 1 aromatic carbocycles. The van der Waals surface area contributed by atoms with Gasteiger partial charge in [-0.25, -0.2) is 0 Å². The van der Waals surface area contributed by atoms with Crippen LogP contribution in [-0.4, -0.2) is 34.6 Å². The van der Waals surface area contributed by atoms with Gasteiger partial charge >= 0.3 is 0 Å². The van der Waals surface area contributed by atoms with Gasteiger partial charge in [0.15, 0.2) is 11.5 Å². The van der Waals surface area contributed by atoms with Gasteiger partial charge in [0.1, 0.15) is 11.2 Å². The van der Waals surface area contributed by atoms with Crippen molar-refractivity contribution < 1.29 is 15.0 Å². The third-order valence-corrected chi connectivity index (χ3v) is 5.51. The Balaban J connectivity index is 1.70. The first-order valence-electron chi connectivity index (χ1n) is 7.45. The SMILES string of the molecule is CN1CCc2c(sc3c2C(=O)N[C@@H](c2ccc(O)c(O)c2)N3)C1. The molecule has 1 aromatic heterocycles. The number of rotatable bonds is 1. The molecule has 0 radical (unpaired) electrons. The Labute approximate surface area is 137 Å². The van der Waals surface area contributed by atoms with Crippen molar-refractivity contribution in [2.45, 2.75) is 19.1 Å². The van der Waals surface area contributed by atoms with Gasteiger partial charge in [-0.3, -0.25) is 4.79 Å². The number of hydrogen-bond acceptors (Lipinski definition) is 6. The molecular weight excluding hydrogens is 314 g/mol. The number of phenols is 2. The van der Waals surface area contributed by atoms with Gasteiger partial charge in [-0.1, -0.05) is 6.07 Å². The van der Waals surface area contributed by atoms with Gasteiger partial charge in [0, 0.05) is 18.0 Å². The highest BCUT2D eigenvalue weighted by Gasteiger charge is 2.32. The highest BCUT2D eigenvalue weighted by molar-refractivity contribution is 7.16. The maximum absolute atomic E-state index is 12.6. The molecule has 23 heavy (non-hydrogen) atoms. The van der Waals surface area contributed by atoms with E-state index in [1.165, 1.54) is 17.0 Å². The Morgan fingerprint density at radius 1 is 1.26 bits per heavy atom. The fourth-order valence-electron chi connectivity index (χ4n) is 3.13. The van der Waals surface area contributed by atoms with Gasteiger partial charge in [-0.2, -0.15) is 0 Å². The highest BCUT2D eigenvalue weighted by atomic mass is 32.1. The average Bonchev–Trinajstić information content (AvgIpc) is 2.87. The number of hydrogen-bond donors (Lipinski definition) is 4. The summed E-state index contributed by atoms with van der Waals surface area (Å²) in [6, 6.07) is 4.56. The molecule has 0 bridgehead atoms. The summed E-state index contributed by atoms with van der Waals surface area (Å²) in [7, 11) is 2.08. The van der Waals surface area contributed by atoms with E-state index >= 15 is 0 Å². The number of benzene rings is 1. The number of aromatic hydroxyl groups is 2. The van der Waals surface area contributed by atoms with Crippen LogP contribution in [0.2, 0.25) is 0 Å². The van der Waals surface area contributed by atoms with Crippen LogP contribution in [0.15, 0.2) is 18.2 Å². The van der Waals surface area contributed by atoms with E-state index in [4.69, 9.17) is 0 Å². The van der Waals surface area contributed by atoms with Gasteiger partial charge in [-0.15, -0.1) is 11.3 Å². The molecule has 2 aliphatic heterocycles. The number of fused-ring (bicyclic) bond motifs is 3. The zero-order valence-corrected chi connectivity index (χ0v) is 13.4. The number of phenolic OH excluding ortho intramolecular Hbond substituents is 2. The first-order chi connectivity index (χ1) is 11.0. The molecule has 2 aromatic rings. The molecule has 3 heterocycles. The summed E-state index contributed by atoms with van der Waals surface area (Å²) in [5.41, 5.74) is 2.61. The van der Waals surface area contributed by atoms with Crippen LogP contribution in [0.1, 0.15) is 32.5 Å². The van der Waals surface area contributed by atoms with E-state index in [9.17, 15) is 15.0 Å². The summed E-state index contributed by atoms with van der Waals surface area (Å²) in [5.74, 6) is -0.457. The first-order valence-corrected chi connectivity index (χ1v) is 8.27. The summed E-state index contributed by atoms with van der Waals surface area (Å²) in [5, 5.41) is 26.2. The summed E-state index contributed by atoms with van der Waals surface area (Å²) in [4.78, 5) is 16.1. The Kier molecular flexibility index (Phi) is 3.21. The van der Waals surface area contributed by atoms with Crippen LogP contribution < -0.4 is 10.6 Å². The molecule has 1 atom stereocenters. The van der Waals surface area contributed by atoms with Crippen molar-refractivity contribution in [3.63, 3.8) is 0 Å². The zero-order chi connectivity index (χ0) is 16.1. The van der Waals surface area contributed by atoms with Crippen LogP contribution in [0.25, 0.3) is 0 Å². The van der Waals surface area contributed by atoms with Crippen LogP contribution in [0.4, 0.5) is 5.00 Å². The van der Waals surface area contributed by atoms with Gasteiger partial charge in [0.25, 0.3) is 5.91 Å². The number of amides is 1. The Morgan fingerprint density at radius 2 is 2.09 bits per heavy atom. The number of carbonyl (C=O) groups is 1. The fraction of sp³-hybridized carbons (Fsp3) is 0.312. The molecule has 4 rings (SSSR count). The number of thiophene rings is 1. The Morgan fingerprint density at radius 3 is 2.87 bits per heavy atom. The summed E-state index contributed by atoms with van der Waals surface area (Å²) in [6.45, 7) is 1.82. The molecule has 0 aliphatic carbocycles. The number of nitrogens with one attached hydrogen (secondary N) is 2. The monoisotopic (exact) mass is 331 g/mol. The van der Waals surface area contributed by atoms with Crippen LogP contribution in [-0.2, 0) is 13.0 Å². The van der Waals surface area contributed by atoms with E-state index < -0.39 is 6.17 Å². The topological polar surface area (TPSA) is 84.8 Å². The average molecular weight is 331 g/mol. The lowest BCUT2D eigenvalue weighted by molar-refractivity contribution is 0.0934. The molecule has 0 saturated heterocycles. The van der Waals surface area contributed by atoms with Gasteiger partial charge in [0.05, 0.1) is 5.56 Å². The quantitative estimate of drug-likeness (QED) is 0.601. The van der Waals surface area contributed by atoms with Crippen LogP contribution in [0.5, 0.6) is 11.5 Å². The van der Waals surface area contributed by atoms with E-state index in [2.05, 4.69) is 22.6 Å². The van der Waals surface area contributed by atoms with Gasteiger partial charge < -0.3 is 25.7 Å². The van der Waals surface area contributed by atoms with E-state index in [0.29, 0.717) is 5.56 Å². The van der Waals surface area contributed by atoms with Crippen molar-refractivity contribution in [3.05, 3.63) is 39.8 Å². The molecule has 0 spiro atoms. The zero-order valence-electron chi connectivity index (χ0n) is 12.6. The highest BCUT2D eigenvalue weighted by Crippen LogP contribution is 2.41. The third kappa shape index (κ3) is 2.32. The van der Waals surface area contributed by atoms with Crippen molar-refractivity contribution >= 4 is 22.2 Å². The Hall–Kier alpha value is -2.25. The molecule has 7 heteroatoms. The fourth-order valence-corrected chi connectivity index (χ4v) is 4.48. The molecule has 2 aliphatic rings. The lowest BCUT2D eigenvalue weighted by Gasteiger charge is -2.27. The second-order valence-corrected chi connectivity index (χ2v) is 7.10. The van der Waals surface area contributed by atoms with Crippen molar-refractivity contribution in [1.82, 2.24) is 10.2 Å². The van der Waals surface area contributed by atoms with Crippen LogP contribution >= 0.6 is 11.3 Å². The molecule has 0 fully saturated rings. The molecule has 1 amide bonds. The van der Waals surface area contributed by atoms with E-state index in [0.717, 1.165) is 35.6 Å². The lowest BCUT2D eigenvalue weighted by Crippen LogP contribution is -2.38. The summed E-state index contributed by atoms with van der Waals surface area (Å²) < 4.78 is 0. The van der Waals surface area contributed by atoms with Gasteiger partial charge in [-0.05, 0) is 36.7 Å². The normalized spacial score (nSPS) is 20.4. The van der Waals surface area contributed by atoms with Crippen molar-refractivity contribution in [2.24, 2.45) is 0 Å². The van der Waals surface area contributed by atoms with E-state index in [1.54, 1.807) is 17.4 Å². The van der Waals surface area contributed by atoms with Crippen molar-refractivity contribution in [1.29, 1.82) is 0 Å². The number of nitrogens with zero attached hydrogens (tertiary/aromatic N) is 1. The predicted octanol–water partition coefficient (Wildman–Crippen LogP) is 2.00. The molecule has 0 unspecified atom stereocenters. The summed E-state index contributed by atoms with van der Waals surface area (Å²) in [6.07, 6.45) is 0.469. The van der Waals surface area contributed by atoms with Crippen molar-refractivity contribution in [3.8, 4) is 11.5 Å². The summed E-state index contributed by atoms with van der Waals surface area (Å²) >= 11 is 1.63. The standard InChI is InChI=1S/C16H17N3O3S/c1-19-5-4-9-12(7-19)23-16-13(9)15(22)17-14(18-16)8-2-3-10(20)11(21)6-8/h2-3,6,14,18,20-21H,4-5,7H2,1H3,(H,17,22)/t14-/m1/s1. The smallest absolute Gasteiger partial charge is 0.256 e. The number of carbonyl (C=O) groups excluding carboxylic acids is 1. The maximum atomic E-state index is 12.6. The first kappa shape index (κ1) is 14.3. The van der Waals surface area contributed by atoms with Gasteiger partial charge in [0.2, 0.25) is 0 Å². The molecule has 6 nitrogen and oxygen atoms in total. The maximum Gasteiger partial charge on any atom is 0.256 e. The minimum Gasteiger partial charge on any atom is -0.504 e. The number of likely N-dealkylation sites (N-methyl/N-ethyl adjacent to an activating group) is 1. The second kappa shape index (κ2) is 5.14. The minimum absolute atomic E-state index is 0.0848. The molecule has 120 valence electrons. The second-order valence-electron chi connectivity index (χ2n) is 5.99. The predicted molar refractivity (Wildman–Crippen MR) is 88.0 cm³/mol. The van der Waals surface area contributed by atoms with E-state index in [-0.39, 0.29) is 17.4 Å². The molecular formula is C16H17N3O3S. The van der Waals surface area contributed by atoms with Crippen molar-refractivity contribution in [2.75, 3.05) is 18.9 Å². The number of anilines is 1. The third-order valence-electron chi connectivity index (χ3n) is 4.36. The Bertz CT molecular complexity index is 802. The van der Waals surface area contributed by atoms with E-state index in [1.807, 2.05) is 0 Å². The molecule has 0 saturated carbocycles. The largest absolute Gasteiger partial charge is 0.504 e. The molecule has 4 N–H and O–H groups in total. The minimum atomic E-state index is -0.417. The van der Waals surface area contributed by atoms with Crippen LogP contribution in [0, 0.1) is 0 Å². The van der Waals surface area contributed by atoms with Crippen LogP contribution in [0.3, 0.4) is 0 Å². The lowest BCUT2D eigenvalue weighted by atomic mass is 10.0.